The van der Waals surface area contributed by atoms with E-state index in [4.69, 9.17) is 0 Å². The first kappa shape index (κ1) is 16.0. The normalized spacial score (nSPS) is 14.5. The second-order valence-electron chi connectivity index (χ2n) is 5.58. The molecular formula is C18H17FN2O3. The molecular weight excluding hydrogens is 311 g/mol. The molecule has 1 N–H and O–H groups in total. The van der Waals surface area contributed by atoms with Crippen LogP contribution in [0.5, 0.6) is 5.75 Å². The summed E-state index contributed by atoms with van der Waals surface area (Å²) in [6, 6.07) is 12.2. The molecule has 1 aliphatic heterocycles. The SMILES string of the molecule is O=C(c1ccccc1O)N1CCN(C(=O)c2ccccc2F)CC1. The number of para-hydroxylation sites is 1. The number of halogens is 1. The fourth-order valence-electron chi connectivity index (χ4n) is 2.74. The molecule has 0 radical (unpaired) electrons. The van der Waals surface area contributed by atoms with Crippen molar-refractivity contribution in [3.05, 3.63) is 65.5 Å². The molecule has 5 nitrogen and oxygen atoms in total. The van der Waals surface area contributed by atoms with Crippen molar-refractivity contribution in [1.82, 2.24) is 9.80 Å². The number of benzene rings is 2. The highest BCUT2D eigenvalue weighted by Crippen LogP contribution is 2.19. The molecule has 0 bridgehead atoms. The third-order valence-electron chi connectivity index (χ3n) is 4.09. The first-order valence-corrected chi connectivity index (χ1v) is 7.69. The molecule has 1 aliphatic rings. The van der Waals surface area contributed by atoms with Crippen LogP contribution in [-0.2, 0) is 0 Å². The third kappa shape index (κ3) is 3.08. The van der Waals surface area contributed by atoms with Crippen LogP contribution in [0.3, 0.4) is 0 Å². The van der Waals surface area contributed by atoms with E-state index in [-0.39, 0.29) is 28.7 Å². The average Bonchev–Trinajstić information content (AvgIpc) is 2.61. The van der Waals surface area contributed by atoms with Gasteiger partial charge in [-0.3, -0.25) is 9.59 Å². The standard InChI is InChI=1S/C18H17FN2O3/c19-15-7-3-1-5-13(15)17(23)20-9-11-21(12-10-20)18(24)14-6-2-4-8-16(14)22/h1-8,22H,9-12H2. The van der Waals surface area contributed by atoms with Crippen molar-refractivity contribution in [1.29, 1.82) is 0 Å². The van der Waals surface area contributed by atoms with Crippen molar-refractivity contribution in [2.24, 2.45) is 0 Å². The number of carbonyl (C=O) groups excluding carboxylic acids is 2. The summed E-state index contributed by atoms with van der Waals surface area (Å²) in [6.07, 6.45) is 0. The molecule has 2 aromatic rings. The van der Waals surface area contributed by atoms with Gasteiger partial charge in [-0.05, 0) is 24.3 Å². The largest absolute Gasteiger partial charge is 0.507 e. The number of aromatic hydroxyl groups is 1. The lowest BCUT2D eigenvalue weighted by atomic mass is 10.1. The van der Waals surface area contributed by atoms with Crippen LogP contribution in [0.1, 0.15) is 20.7 Å². The lowest BCUT2D eigenvalue weighted by molar-refractivity contribution is 0.0531. The van der Waals surface area contributed by atoms with Crippen molar-refractivity contribution in [3.8, 4) is 5.75 Å². The Morgan fingerprint density at radius 1 is 0.792 bits per heavy atom. The Hall–Kier alpha value is -2.89. The van der Waals surface area contributed by atoms with Gasteiger partial charge in [0.2, 0.25) is 0 Å². The van der Waals surface area contributed by atoms with Crippen molar-refractivity contribution < 1.29 is 19.1 Å². The van der Waals surface area contributed by atoms with Gasteiger partial charge in [-0.2, -0.15) is 0 Å². The lowest BCUT2D eigenvalue weighted by Gasteiger charge is -2.35. The topological polar surface area (TPSA) is 60.9 Å². The molecule has 1 fully saturated rings. The molecule has 1 heterocycles. The minimum absolute atomic E-state index is 0.0398. The molecule has 124 valence electrons. The molecule has 0 spiro atoms. The van der Waals surface area contributed by atoms with E-state index >= 15 is 0 Å². The van der Waals surface area contributed by atoms with Crippen molar-refractivity contribution in [3.63, 3.8) is 0 Å². The van der Waals surface area contributed by atoms with Crippen molar-refractivity contribution in [2.75, 3.05) is 26.2 Å². The Morgan fingerprint density at radius 2 is 1.25 bits per heavy atom. The number of nitrogens with zero attached hydrogens (tertiary/aromatic N) is 2. The molecule has 24 heavy (non-hydrogen) atoms. The summed E-state index contributed by atoms with van der Waals surface area (Å²) in [7, 11) is 0. The Morgan fingerprint density at radius 3 is 1.79 bits per heavy atom. The van der Waals surface area contributed by atoms with Gasteiger partial charge >= 0.3 is 0 Å². The molecule has 1 saturated heterocycles. The average molecular weight is 328 g/mol. The van der Waals surface area contributed by atoms with Gasteiger partial charge < -0.3 is 14.9 Å². The van der Waals surface area contributed by atoms with E-state index < -0.39 is 5.82 Å². The van der Waals surface area contributed by atoms with Gasteiger partial charge in [0.1, 0.15) is 11.6 Å². The number of rotatable bonds is 2. The first-order chi connectivity index (χ1) is 11.6. The molecule has 0 atom stereocenters. The highest BCUT2D eigenvalue weighted by Gasteiger charge is 2.27. The van der Waals surface area contributed by atoms with Gasteiger partial charge in [0.25, 0.3) is 11.8 Å². The first-order valence-electron chi connectivity index (χ1n) is 7.69. The van der Waals surface area contributed by atoms with Crippen LogP contribution in [-0.4, -0.2) is 52.9 Å². The van der Waals surface area contributed by atoms with E-state index in [0.717, 1.165) is 0 Å². The van der Waals surface area contributed by atoms with E-state index in [2.05, 4.69) is 0 Å². The van der Waals surface area contributed by atoms with Gasteiger partial charge in [-0.1, -0.05) is 24.3 Å². The van der Waals surface area contributed by atoms with E-state index in [9.17, 15) is 19.1 Å². The molecule has 2 aromatic carbocycles. The summed E-state index contributed by atoms with van der Waals surface area (Å²) in [5, 5.41) is 9.78. The molecule has 3 rings (SSSR count). The summed E-state index contributed by atoms with van der Waals surface area (Å²) < 4.78 is 13.7. The van der Waals surface area contributed by atoms with E-state index in [1.807, 2.05) is 0 Å². The van der Waals surface area contributed by atoms with Crippen LogP contribution in [0.25, 0.3) is 0 Å². The molecule has 0 aliphatic carbocycles. The van der Waals surface area contributed by atoms with Gasteiger partial charge in [0, 0.05) is 26.2 Å². The number of hydrogen-bond donors (Lipinski definition) is 1. The second kappa shape index (κ2) is 6.70. The second-order valence-corrected chi connectivity index (χ2v) is 5.58. The number of amides is 2. The molecule has 6 heteroatoms. The maximum Gasteiger partial charge on any atom is 0.257 e. The Bertz CT molecular complexity index is 705. The Kier molecular flexibility index (Phi) is 4.46. The van der Waals surface area contributed by atoms with Crippen molar-refractivity contribution >= 4 is 11.8 Å². The van der Waals surface area contributed by atoms with Crippen LogP contribution in [0.2, 0.25) is 0 Å². The quantitative estimate of drug-likeness (QED) is 0.919. The molecule has 0 saturated carbocycles. The molecule has 2 amide bonds. The summed E-state index contributed by atoms with van der Waals surface area (Å²) in [6.45, 7) is 1.33. The monoisotopic (exact) mass is 328 g/mol. The fraction of sp³-hybridized carbons (Fsp3) is 0.222. The Balaban J connectivity index is 1.66. The van der Waals surface area contributed by atoms with Crippen LogP contribution in [0, 0.1) is 5.82 Å². The zero-order chi connectivity index (χ0) is 17.1. The van der Waals surface area contributed by atoms with Crippen molar-refractivity contribution in [2.45, 2.75) is 0 Å². The molecule has 0 aromatic heterocycles. The third-order valence-corrected chi connectivity index (χ3v) is 4.09. The number of hydrogen-bond acceptors (Lipinski definition) is 3. The fourth-order valence-corrected chi connectivity index (χ4v) is 2.74. The van der Waals surface area contributed by atoms with Crippen LogP contribution < -0.4 is 0 Å². The summed E-state index contributed by atoms with van der Waals surface area (Å²) in [4.78, 5) is 27.9. The van der Waals surface area contributed by atoms with E-state index in [1.165, 1.54) is 29.2 Å². The van der Waals surface area contributed by atoms with Gasteiger partial charge in [-0.25, -0.2) is 4.39 Å². The highest BCUT2D eigenvalue weighted by atomic mass is 19.1. The zero-order valence-electron chi connectivity index (χ0n) is 13.0. The molecule has 0 unspecified atom stereocenters. The lowest BCUT2D eigenvalue weighted by Crippen LogP contribution is -2.50. The Labute approximate surface area is 138 Å². The van der Waals surface area contributed by atoms with Crippen LogP contribution >= 0.6 is 0 Å². The predicted octanol–water partition coefficient (Wildman–Crippen LogP) is 2.13. The van der Waals surface area contributed by atoms with E-state index in [1.54, 1.807) is 29.2 Å². The van der Waals surface area contributed by atoms with Crippen LogP contribution in [0.4, 0.5) is 4.39 Å². The number of carbonyl (C=O) groups is 2. The van der Waals surface area contributed by atoms with Gasteiger partial charge in [-0.15, -0.1) is 0 Å². The zero-order valence-corrected chi connectivity index (χ0v) is 13.0. The number of phenolic OH excluding ortho intramolecular Hbond substituents is 1. The number of phenols is 1. The van der Waals surface area contributed by atoms with Crippen LogP contribution in [0.15, 0.2) is 48.5 Å². The maximum absolute atomic E-state index is 13.7. The summed E-state index contributed by atoms with van der Waals surface area (Å²) in [5.41, 5.74) is 0.282. The maximum atomic E-state index is 13.7. The smallest absolute Gasteiger partial charge is 0.257 e. The summed E-state index contributed by atoms with van der Waals surface area (Å²) in [5.74, 6) is -1.25. The van der Waals surface area contributed by atoms with Gasteiger partial charge in [0.15, 0.2) is 0 Å². The number of piperazine rings is 1. The van der Waals surface area contributed by atoms with E-state index in [0.29, 0.717) is 26.2 Å². The summed E-state index contributed by atoms with van der Waals surface area (Å²) >= 11 is 0. The minimum atomic E-state index is -0.546. The van der Waals surface area contributed by atoms with Gasteiger partial charge in [0.05, 0.1) is 11.1 Å². The highest BCUT2D eigenvalue weighted by molar-refractivity contribution is 5.97. The predicted molar refractivity (Wildman–Crippen MR) is 86.3 cm³/mol. The minimum Gasteiger partial charge on any atom is -0.507 e.